The molecule has 0 fully saturated rings. The maximum Gasteiger partial charge on any atom is 0.458 e. The molecule has 0 atom stereocenters. The largest absolute Gasteiger partial charge is 0.483 e. The van der Waals surface area contributed by atoms with Gasteiger partial charge in [-0.15, -0.1) is 0 Å². The number of methoxy groups -OCH3 is 1. The zero-order valence-corrected chi connectivity index (χ0v) is 18.9. The number of alkyl carbamates (subject to hydrolysis) is 1. The van der Waals surface area contributed by atoms with Gasteiger partial charge in [-0.05, 0) is 43.7 Å². The molecule has 4 rings (SSSR count). The quantitative estimate of drug-likeness (QED) is 0.589. The third-order valence-corrected chi connectivity index (χ3v) is 6.02. The Bertz CT molecular complexity index is 1240. The molecule has 2 amide bonds. The van der Waals surface area contributed by atoms with E-state index in [2.05, 4.69) is 10.1 Å². The van der Waals surface area contributed by atoms with Crippen LogP contribution in [0.4, 0.5) is 26.7 Å². The fourth-order valence-electron chi connectivity index (χ4n) is 4.22. The Kier molecular flexibility index (Phi) is 5.77. The standard InChI is InChI=1S/C24H21F5N2O4/c1-22(2)17(11-30-21(33)34-3)19(31-12-13-6-4-5-7-15(13)20(31)32)16-10-14(8-9-18(16)35-22)23(25,26)24(27,28)29/h4-10H,11-12H2,1-3H3,(H,30,33). The molecule has 6 nitrogen and oxygen atoms in total. The van der Waals surface area contributed by atoms with Crippen LogP contribution in [-0.2, 0) is 17.2 Å². The molecule has 186 valence electrons. The monoisotopic (exact) mass is 496 g/mol. The zero-order chi connectivity index (χ0) is 25.8. The fraction of sp³-hybridized carbons (Fsp3) is 0.333. The summed E-state index contributed by atoms with van der Waals surface area (Å²) in [5.41, 5.74) is -1.15. The van der Waals surface area contributed by atoms with E-state index in [1.807, 2.05) is 0 Å². The Morgan fingerprint density at radius 3 is 2.43 bits per heavy atom. The van der Waals surface area contributed by atoms with Crippen LogP contribution in [0.5, 0.6) is 5.75 Å². The van der Waals surface area contributed by atoms with Crippen molar-refractivity contribution in [3.8, 4) is 5.75 Å². The van der Waals surface area contributed by atoms with E-state index >= 15 is 0 Å². The summed E-state index contributed by atoms with van der Waals surface area (Å²) in [5, 5.41) is 2.48. The molecule has 2 aromatic carbocycles. The van der Waals surface area contributed by atoms with Crippen LogP contribution in [0.25, 0.3) is 5.70 Å². The number of nitrogens with one attached hydrogen (secondary N) is 1. The molecule has 2 aromatic rings. The van der Waals surface area contributed by atoms with E-state index in [0.29, 0.717) is 28.8 Å². The van der Waals surface area contributed by atoms with Crippen molar-refractivity contribution in [3.05, 3.63) is 70.3 Å². The molecule has 0 spiro atoms. The molecular weight excluding hydrogens is 475 g/mol. The lowest BCUT2D eigenvalue weighted by Crippen LogP contribution is -2.43. The van der Waals surface area contributed by atoms with Gasteiger partial charge in [-0.25, -0.2) is 4.79 Å². The molecule has 0 aromatic heterocycles. The number of hydrogen-bond acceptors (Lipinski definition) is 4. The van der Waals surface area contributed by atoms with Crippen molar-refractivity contribution in [1.29, 1.82) is 0 Å². The van der Waals surface area contributed by atoms with Gasteiger partial charge in [-0.3, -0.25) is 4.79 Å². The number of halogens is 5. The van der Waals surface area contributed by atoms with E-state index in [4.69, 9.17) is 4.74 Å². The summed E-state index contributed by atoms with van der Waals surface area (Å²) >= 11 is 0. The van der Waals surface area contributed by atoms with E-state index < -0.39 is 35.3 Å². The van der Waals surface area contributed by atoms with Gasteiger partial charge in [0.1, 0.15) is 11.4 Å². The van der Waals surface area contributed by atoms with Crippen LogP contribution in [0.2, 0.25) is 0 Å². The van der Waals surface area contributed by atoms with Crippen LogP contribution in [0.15, 0.2) is 48.0 Å². The predicted molar refractivity (Wildman–Crippen MR) is 115 cm³/mol. The van der Waals surface area contributed by atoms with Gasteiger partial charge in [-0.1, -0.05) is 18.2 Å². The summed E-state index contributed by atoms with van der Waals surface area (Å²) < 4.78 is 78.4. The molecule has 0 aliphatic carbocycles. The molecule has 0 bridgehead atoms. The van der Waals surface area contributed by atoms with Gasteiger partial charge in [-0.2, -0.15) is 22.0 Å². The molecule has 1 N–H and O–H groups in total. The highest BCUT2D eigenvalue weighted by Gasteiger charge is 2.59. The first kappa shape index (κ1) is 24.5. The number of carbonyl (C=O) groups excluding carboxylic acids is 2. The van der Waals surface area contributed by atoms with Crippen molar-refractivity contribution < 1.29 is 41.0 Å². The smallest absolute Gasteiger partial charge is 0.458 e. The second-order valence-corrected chi connectivity index (χ2v) is 8.62. The van der Waals surface area contributed by atoms with Crippen LogP contribution in [0.1, 0.15) is 40.9 Å². The molecule has 0 saturated heterocycles. The van der Waals surface area contributed by atoms with E-state index in [1.165, 1.54) is 4.90 Å². The second kappa shape index (κ2) is 8.24. The van der Waals surface area contributed by atoms with Crippen LogP contribution in [0.3, 0.4) is 0 Å². The molecule has 2 heterocycles. The normalized spacial score (nSPS) is 17.0. The van der Waals surface area contributed by atoms with Gasteiger partial charge in [0.25, 0.3) is 5.91 Å². The lowest BCUT2D eigenvalue weighted by molar-refractivity contribution is -0.289. The first-order chi connectivity index (χ1) is 16.3. The van der Waals surface area contributed by atoms with E-state index in [9.17, 15) is 31.5 Å². The van der Waals surface area contributed by atoms with Gasteiger partial charge in [0.15, 0.2) is 0 Å². The van der Waals surface area contributed by atoms with Gasteiger partial charge in [0.05, 0.1) is 19.4 Å². The lowest BCUT2D eigenvalue weighted by Gasteiger charge is -2.40. The fourth-order valence-corrected chi connectivity index (χ4v) is 4.22. The predicted octanol–water partition coefficient (Wildman–Crippen LogP) is 5.23. The Hall–Kier alpha value is -3.63. The van der Waals surface area contributed by atoms with Crippen LogP contribution >= 0.6 is 0 Å². The average molecular weight is 496 g/mol. The molecule has 0 unspecified atom stereocenters. The lowest BCUT2D eigenvalue weighted by atomic mass is 9.87. The number of rotatable bonds is 4. The summed E-state index contributed by atoms with van der Waals surface area (Å²) in [6.07, 6.45) is -6.62. The summed E-state index contributed by atoms with van der Waals surface area (Å²) in [7, 11) is 1.15. The summed E-state index contributed by atoms with van der Waals surface area (Å²) in [5.74, 6) is -5.57. The maximum atomic E-state index is 14.2. The van der Waals surface area contributed by atoms with Crippen molar-refractivity contribution in [2.24, 2.45) is 0 Å². The van der Waals surface area contributed by atoms with Crippen molar-refractivity contribution in [2.75, 3.05) is 13.7 Å². The maximum absolute atomic E-state index is 14.2. The zero-order valence-electron chi connectivity index (χ0n) is 18.9. The third-order valence-electron chi connectivity index (χ3n) is 6.02. The van der Waals surface area contributed by atoms with Crippen LogP contribution in [-0.4, -0.2) is 42.3 Å². The first-order valence-corrected chi connectivity index (χ1v) is 10.5. The van der Waals surface area contributed by atoms with Crippen LogP contribution in [0, 0.1) is 0 Å². The minimum Gasteiger partial charge on any atom is -0.483 e. The number of benzene rings is 2. The van der Waals surface area contributed by atoms with E-state index in [1.54, 1.807) is 38.1 Å². The van der Waals surface area contributed by atoms with Gasteiger partial charge in [0, 0.05) is 28.8 Å². The van der Waals surface area contributed by atoms with Crippen molar-refractivity contribution in [3.63, 3.8) is 0 Å². The summed E-state index contributed by atoms with van der Waals surface area (Å²) in [6, 6.07) is 9.08. The number of hydrogen-bond donors (Lipinski definition) is 1. The van der Waals surface area contributed by atoms with Crippen molar-refractivity contribution in [1.82, 2.24) is 10.2 Å². The minimum atomic E-state index is -5.82. The average Bonchev–Trinajstić information content (AvgIpc) is 3.11. The first-order valence-electron chi connectivity index (χ1n) is 10.5. The Morgan fingerprint density at radius 1 is 1.11 bits per heavy atom. The molecular formula is C24H21F5N2O4. The van der Waals surface area contributed by atoms with Crippen LogP contribution < -0.4 is 10.1 Å². The Morgan fingerprint density at radius 2 is 1.80 bits per heavy atom. The highest BCUT2D eigenvalue weighted by molar-refractivity contribution is 6.04. The molecule has 35 heavy (non-hydrogen) atoms. The number of carbonyl (C=O) groups is 2. The van der Waals surface area contributed by atoms with Crippen molar-refractivity contribution >= 4 is 17.7 Å². The van der Waals surface area contributed by atoms with Gasteiger partial charge >= 0.3 is 18.2 Å². The molecule has 11 heteroatoms. The number of fused-ring (bicyclic) bond motifs is 2. The Balaban J connectivity index is 1.93. The van der Waals surface area contributed by atoms with Gasteiger partial charge < -0.3 is 19.7 Å². The number of amides is 2. The minimum absolute atomic E-state index is 0.0253. The van der Waals surface area contributed by atoms with Gasteiger partial charge in [0.2, 0.25) is 0 Å². The highest BCUT2D eigenvalue weighted by Crippen LogP contribution is 2.49. The van der Waals surface area contributed by atoms with E-state index in [0.717, 1.165) is 13.2 Å². The van der Waals surface area contributed by atoms with E-state index in [-0.39, 0.29) is 30.1 Å². The molecule has 2 aliphatic heterocycles. The topological polar surface area (TPSA) is 67.9 Å². The molecule has 0 saturated carbocycles. The highest BCUT2D eigenvalue weighted by atomic mass is 19.4. The SMILES string of the molecule is COC(=O)NCC1=C(N2Cc3ccccc3C2=O)c2cc(C(F)(F)C(F)(F)F)ccc2OC1(C)C. The summed E-state index contributed by atoms with van der Waals surface area (Å²) in [6.45, 7) is 3.11. The molecule has 2 aliphatic rings. The molecule has 0 radical (unpaired) electrons. The van der Waals surface area contributed by atoms with Crippen molar-refractivity contribution in [2.45, 2.75) is 38.1 Å². The summed E-state index contributed by atoms with van der Waals surface area (Å²) in [4.78, 5) is 26.4. The second-order valence-electron chi connectivity index (χ2n) is 8.62. The Labute approximate surface area is 197 Å². The number of ether oxygens (including phenoxy) is 2. The number of alkyl halides is 5. The number of nitrogens with zero attached hydrogens (tertiary/aromatic N) is 1. The third kappa shape index (κ3) is 4.08.